The first-order chi connectivity index (χ1) is 23.3. The van der Waals surface area contributed by atoms with Gasteiger partial charge in [0.25, 0.3) is 0 Å². The van der Waals surface area contributed by atoms with Crippen molar-refractivity contribution in [3.05, 3.63) is 144 Å². The lowest BCUT2D eigenvalue weighted by Gasteiger charge is -2.23. The highest BCUT2D eigenvalue weighted by atomic mass is 19.1. The van der Waals surface area contributed by atoms with E-state index in [1.807, 2.05) is 6.07 Å². The molecule has 0 atom stereocenters. The molecule has 49 heavy (non-hydrogen) atoms. The fraction of sp³-hybridized carbons (Fsp3) is 0.200. The first-order valence-corrected chi connectivity index (χ1v) is 17.0. The summed E-state index contributed by atoms with van der Waals surface area (Å²) in [5, 5.41) is 4.64. The number of aromatic nitrogens is 2. The van der Waals surface area contributed by atoms with Gasteiger partial charge in [-0.15, -0.1) is 0 Å². The van der Waals surface area contributed by atoms with Crippen molar-refractivity contribution in [2.45, 2.75) is 59.3 Å². The van der Waals surface area contributed by atoms with E-state index in [1.165, 1.54) is 34.0 Å². The van der Waals surface area contributed by atoms with E-state index in [0.29, 0.717) is 5.56 Å². The summed E-state index contributed by atoms with van der Waals surface area (Å²) in [7, 11) is 0. The molecule has 8 rings (SSSR count). The lowest BCUT2D eigenvalue weighted by molar-refractivity contribution is 0.584. The van der Waals surface area contributed by atoms with Crippen LogP contribution in [0, 0.1) is 18.6 Å². The second-order valence-electron chi connectivity index (χ2n) is 15.4. The zero-order chi connectivity index (χ0) is 34.4. The maximum atomic E-state index is 14.9. The van der Waals surface area contributed by atoms with Crippen LogP contribution in [-0.4, -0.2) is 9.13 Å². The maximum absolute atomic E-state index is 14.9. The Bertz CT molecular complexity index is 2580. The minimum atomic E-state index is -0.600. The van der Waals surface area contributed by atoms with Gasteiger partial charge >= 0.3 is 0 Å². The van der Waals surface area contributed by atoms with Gasteiger partial charge in [0.2, 0.25) is 0 Å². The van der Waals surface area contributed by atoms with E-state index >= 15 is 0 Å². The van der Waals surface area contributed by atoms with E-state index in [1.54, 1.807) is 0 Å². The number of fused-ring (bicyclic) bond motifs is 6. The molecular formula is C45H40F2N2. The van der Waals surface area contributed by atoms with Crippen LogP contribution in [0.25, 0.3) is 66.1 Å². The van der Waals surface area contributed by atoms with Crippen LogP contribution in [-0.2, 0) is 10.8 Å². The second-order valence-corrected chi connectivity index (χ2v) is 15.4. The van der Waals surface area contributed by atoms with Crippen molar-refractivity contribution in [2.75, 3.05) is 0 Å². The van der Waals surface area contributed by atoms with Crippen LogP contribution in [0.5, 0.6) is 0 Å². The van der Waals surface area contributed by atoms with Crippen LogP contribution < -0.4 is 0 Å². The van der Waals surface area contributed by atoms with Crippen molar-refractivity contribution in [2.24, 2.45) is 0 Å². The summed E-state index contributed by atoms with van der Waals surface area (Å²) in [5.74, 6) is -1.20. The fourth-order valence-electron chi connectivity index (χ4n) is 7.54. The third kappa shape index (κ3) is 4.96. The van der Waals surface area contributed by atoms with Gasteiger partial charge in [0.1, 0.15) is 11.6 Å². The highest BCUT2D eigenvalue weighted by Gasteiger charge is 2.25. The highest BCUT2D eigenvalue weighted by Crippen LogP contribution is 2.43. The Hall–Kier alpha value is -5.22. The van der Waals surface area contributed by atoms with Crippen LogP contribution in [0.3, 0.4) is 0 Å². The molecule has 0 N–H and O–H groups in total. The number of benzene rings is 6. The van der Waals surface area contributed by atoms with Gasteiger partial charge in [-0.2, -0.15) is 0 Å². The molecule has 6 aromatic carbocycles. The zero-order valence-corrected chi connectivity index (χ0v) is 29.1. The Labute approximate surface area is 286 Å². The Kier molecular flexibility index (Phi) is 6.91. The molecule has 0 spiro atoms. The molecule has 0 radical (unpaired) electrons. The summed E-state index contributed by atoms with van der Waals surface area (Å²) in [6, 6.07) is 38.5. The van der Waals surface area contributed by atoms with Gasteiger partial charge in [-0.05, 0) is 82.5 Å². The molecule has 0 unspecified atom stereocenters. The van der Waals surface area contributed by atoms with Gasteiger partial charge in [0.15, 0.2) is 0 Å². The van der Waals surface area contributed by atoms with Crippen LogP contribution in [0.4, 0.5) is 8.78 Å². The number of rotatable bonds is 3. The van der Waals surface area contributed by atoms with E-state index < -0.39 is 11.6 Å². The van der Waals surface area contributed by atoms with E-state index in [-0.39, 0.29) is 10.8 Å². The minimum absolute atomic E-state index is 0.0330. The molecule has 0 bridgehead atoms. The fourth-order valence-corrected chi connectivity index (χ4v) is 7.54. The summed E-state index contributed by atoms with van der Waals surface area (Å²) in [4.78, 5) is 0. The Morgan fingerprint density at radius 3 is 1.47 bits per heavy atom. The van der Waals surface area contributed by atoms with E-state index in [4.69, 9.17) is 0 Å². The average Bonchev–Trinajstić information content (AvgIpc) is 3.55. The monoisotopic (exact) mass is 646 g/mol. The number of para-hydroxylation sites is 2. The lowest BCUT2D eigenvalue weighted by atomic mass is 9.86. The Morgan fingerprint density at radius 1 is 0.469 bits per heavy atom. The number of hydrogen-bond acceptors (Lipinski definition) is 0. The van der Waals surface area contributed by atoms with E-state index in [2.05, 4.69) is 149 Å². The van der Waals surface area contributed by atoms with Gasteiger partial charge in [-0.25, -0.2) is 8.78 Å². The average molecular weight is 647 g/mol. The summed E-state index contributed by atoms with van der Waals surface area (Å²) in [5.41, 5.74) is 10.9. The van der Waals surface area contributed by atoms with Crippen LogP contribution in [0.2, 0.25) is 0 Å². The van der Waals surface area contributed by atoms with Gasteiger partial charge in [-0.3, -0.25) is 0 Å². The van der Waals surface area contributed by atoms with Crippen molar-refractivity contribution in [3.63, 3.8) is 0 Å². The van der Waals surface area contributed by atoms with Crippen LogP contribution in [0.1, 0.15) is 58.2 Å². The molecule has 0 amide bonds. The number of nitrogens with zero attached hydrogens (tertiary/aromatic N) is 2. The molecule has 2 nitrogen and oxygen atoms in total. The lowest BCUT2D eigenvalue weighted by Crippen LogP contribution is -2.11. The Morgan fingerprint density at radius 2 is 0.939 bits per heavy atom. The van der Waals surface area contributed by atoms with Gasteiger partial charge in [0, 0.05) is 33.2 Å². The summed E-state index contributed by atoms with van der Waals surface area (Å²) >= 11 is 0. The number of hydrogen-bond donors (Lipinski definition) is 0. The molecule has 0 saturated carbocycles. The van der Waals surface area contributed by atoms with Crippen LogP contribution >= 0.6 is 0 Å². The standard InChI is InChI=1S/C45H40F2N2/c1-27-38(48-39-14-10-8-12-34(39)36-18-16-29(24-41(36)48)44(2,3)4)21-20-33(28-22-31(46)26-32(47)23-28)43(27)49-40-15-11-9-13-35(40)37-19-17-30(25-42(37)49)45(5,6)7/h8-26H,1-7H3. The molecule has 8 aromatic rings. The van der Waals surface area contributed by atoms with Gasteiger partial charge in [-0.1, -0.05) is 108 Å². The molecule has 0 aliphatic carbocycles. The smallest absolute Gasteiger partial charge is 0.126 e. The zero-order valence-electron chi connectivity index (χ0n) is 29.1. The van der Waals surface area contributed by atoms with Crippen molar-refractivity contribution < 1.29 is 8.78 Å². The molecule has 2 aromatic heterocycles. The first-order valence-electron chi connectivity index (χ1n) is 17.0. The molecule has 0 aliphatic heterocycles. The molecule has 4 heteroatoms. The van der Waals surface area contributed by atoms with Crippen molar-refractivity contribution >= 4 is 43.6 Å². The normalized spacial score (nSPS) is 12.6. The third-order valence-corrected chi connectivity index (χ3v) is 10.1. The first kappa shape index (κ1) is 31.1. The van der Waals surface area contributed by atoms with Crippen molar-refractivity contribution in [1.82, 2.24) is 9.13 Å². The van der Waals surface area contributed by atoms with Gasteiger partial charge in [0.05, 0.1) is 33.4 Å². The largest absolute Gasteiger partial charge is 0.309 e. The Balaban J connectivity index is 1.55. The molecule has 244 valence electrons. The quantitative estimate of drug-likeness (QED) is 0.181. The number of halogens is 2. The predicted molar refractivity (Wildman–Crippen MR) is 203 cm³/mol. The van der Waals surface area contributed by atoms with Crippen LogP contribution in [0.15, 0.2) is 115 Å². The SMILES string of the molecule is Cc1c(-n2c3ccccc3c3ccc(C(C)(C)C)cc32)ccc(-c2cc(F)cc(F)c2)c1-n1c2ccccc2c2ccc(C(C)(C)C)cc21. The van der Waals surface area contributed by atoms with E-state index in [9.17, 15) is 8.78 Å². The molecule has 0 aliphatic rings. The second kappa shape index (κ2) is 10.9. The molecular weight excluding hydrogens is 607 g/mol. The summed E-state index contributed by atoms with van der Waals surface area (Å²) in [6.07, 6.45) is 0. The van der Waals surface area contributed by atoms with E-state index in [0.717, 1.165) is 61.4 Å². The highest BCUT2D eigenvalue weighted by molar-refractivity contribution is 6.11. The maximum Gasteiger partial charge on any atom is 0.126 e. The molecule has 0 saturated heterocycles. The molecule has 0 fully saturated rings. The summed E-state index contributed by atoms with van der Waals surface area (Å²) in [6.45, 7) is 15.5. The third-order valence-electron chi connectivity index (χ3n) is 10.1. The van der Waals surface area contributed by atoms with Crippen molar-refractivity contribution in [1.29, 1.82) is 0 Å². The molecule has 2 heterocycles. The topological polar surface area (TPSA) is 9.86 Å². The minimum Gasteiger partial charge on any atom is -0.309 e. The van der Waals surface area contributed by atoms with Gasteiger partial charge < -0.3 is 9.13 Å². The summed E-state index contributed by atoms with van der Waals surface area (Å²) < 4.78 is 34.5. The predicted octanol–water partition coefficient (Wildman–Crippen LogP) is 12.7. The van der Waals surface area contributed by atoms with Crippen molar-refractivity contribution in [3.8, 4) is 22.5 Å².